The summed E-state index contributed by atoms with van der Waals surface area (Å²) in [6.45, 7) is 4.92. The summed E-state index contributed by atoms with van der Waals surface area (Å²) in [5, 5.41) is 6.85. The Labute approximate surface area is 84.3 Å². The smallest absolute Gasteiger partial charge is 0.170 e. The predicted molar refractivity (Wildman–Crippen MR) is 61.1 cm³/mol. The first-order valence-electron chi connectivity index (χ1n) is 4.34. The Hall–Kier alpha value is -1.09. The fourth-order valence-electron chi connectivity index (χ4n) is 1.04. The van der Waals surface area contributed by atoms with E-state index < -0.39 is 0 Å². The topological polar surface area (TPSA) is 24.1 Å². The number of hydrogen-bond donors (Lipinski definition) is 2. The molecule has 0 unspecified atom stereocenters. The Morgan fingerprint density at radius 1 is 1.38 bits per heavy atom. The van der Waals surface area contributed by atoms with Crippen LogP contribution in [0.2, 0.25) is 0 Å². The summed E-state index contributed by atoms with van der Waals surface area (Å²) in [7, 11) is 0. The van der Waals surface area contributed by atoms with Crippen molar-refractivity contribution in [2.24, 2.45) is 0 Å². The second-order valence-electron chi connectivity index (χ2n) is 2.80. The van der Waals surface area contributed by atoms with Crippen LogP contribution in [0.4, 0.5) is 5.69 Å². The molecule has 0 spiro atoms. The van der Waals surface area contributed by atoms with Crippen molar-refractivity contribution in [2.75, 3.05) is 11.9 Å². The highest BCUT2D eigenvalue weighted by atomic mass is 32.1. The number of para-hydroxylation sites is 1. The van der Waals surface area contributed by atoms with Gasteiger partial charge in [0.05, 0.1) is 0 Å². The van der Waals surface area contributed by atoms with Gasteiger partial charge in [-0.15, -0.1) is 0 Å². The highest BCUT2D eigenvalue weighted by Crippen LogP contribution is 2.12. The number of rotatable bonds is 2. The number of aryl methyl sites for hydroxylation is 1. The molecule has 0 heterocycles. The second-order valence-corrected chi connectivity index (χ2v) is 3.21. The van der Waals surface area contributed by atoms with Gasteiger partial charge < -0.3 is 10.6 Å². The van der Waals surface area contributed by atoms with Crippen molar-refractivity contribution < 1.29 is 0 Å². The molecule has 13 heavy (non-hydrogen) atoms. The van der Waals surface area contributed by atoms with Gasteiger partial charge in [0.2, 0.25) is 0 Å². The summed E-state index contributed by atoms with van der Waals surface area (Å²) in [6, 6.07) is 8.07. The summed E-state index contributed by atoms with van der Waals surface area (Å²) >= 11 is 5.07. The molecule has 0 aliphatic carbocycles. The molecule has 0 radical (unpaired) electrons. The van der Waals surface area contributed by atoms with Crippen LogP contribution in [0.3, 0.4) is 0 Å². The average Bonchev–Trinajstić information content (AvgIpc) is 2.09. The van der Waals surface area contributed by atoms with Crippen LogP contribution in [0, 0.1) is 6.92 Å². The van der Waals surface area contributed by atoms with Gasteiger partial charge in [-0.05, 0) is 37.7 Å². The van der Waals surface area contributed by atoms with Gasteiger partial charge in [-0.3, -0.25) is 0 Å². The van der Waals surface area contributed by atoms with E-state index in [-0.39, 0.29) is 0 Å². The molecule has 0 amide bonds. The third-order valence-electron chi connectivity index (χ3n) is 1.73. The monoisotopic (exact) mass is 194 g/mol. The van der Waals surface area contributed by atoms with Gasteiger partial charge in [0.25, 0.3) is 0 Å². The summed E-state index contributed by atoms with van der Waals surface area (Å²) in [4.78, 5) is 0. The molecule has 1 aromatic carbocycles. The van der Waals surface area contributed by atoms with Crippen LogP contribution in [0.5, 0.6) is 0 Å². The number of hydrogen-bond acceptors (Lipinski definition) is 1. The summed E-state index contributed by atoms with van der Waals surface area (Å²) in [6.07, 6.45) is 0. The molecule has 3 heteroatoms. The SMILES string of the molecule is CCNC(=S)Nc1ccccc1C. The van der Waals surface area contributed by atoms with Gasteiger partial charge in [-0.2, -0.15) is 0 Å². The van der Waals surface area contributed by atoms with Gasteiger partial charge in [0.15, 0.2) is 5.11 Å². The molecule has 0 saturated heterocycles. The van der Waals surface area contributed by atoms with Crippen LogP contribution in [0.1, 0.15) is 12.5 Å². The lowest BCUT2D eigenvalue weighted by molar-refractivity contribution is 0.979. The highest BCUT2D eigenvalue weighted by molar-refractivity contribution is 7.80. The molecule has 0 aliphatic heterocycles. The van der Waals surface area contributed by atoms with Crippen LogP contribution in [-0.4, -0.2) is 11.7 Å². The average molecular weight is 194 g/mol. The molecular weight excluding hydrogens is 180 g/mol. The van der Waals surface area contributed by atoms with E-state index in [0.29, 0.717) is 5.11 Å². The molecular formula is C10H14N2S. The van der Waals surface area contributed by atoms with Crippen LogP contribution in [-0.2, 0) is 0 Å². The normalized spacial score (nSPS) is 9.38. The third-order valence-corrected chi connectivity index (χ3v) is 1.98. The Bertz CT molecular complexity index is 297. The maximum absolute atomic E-state index is 5.07. The highest BCUT2D eigenvalue weighted by Gasteiger charge is 1.97. The van der Waals surface area contributed by atoms with Crippen molar-refractivity contribution in [2.45, 2.75) is 13.8 Å². The van der Waals surface area contributed by atoms with E-state index in [1.54, 1.807) is 0 Å². The van der Waals surface area contributed by atoms with E-state index in [1.165, 1.54) is 5.56 Å². The van der Waals surface area contributed by atoms with Gasteiger partial charge in [0, 0.05) is 12.2 Å². The first-order chi connectivity index (χ1) is 6.24. The lowest BCUT2D eigenvalue weighted by atomic mass is 10.2. The number of nitrogens with one attached hydrogen (secondary N) is 2. The molecule has 1 aromatic rings. The first kappa shape index (κ1) is 9.99. The summed E-state index contributed by atoms with van der Waals surface area (Å²) in [5.41, 5.74) is 2.26. The molecule has 70 valence electrons. The predicted octanol–water partition coefficient (Wildman–Crippen LogP) is 2.30. The molecule has 1 rings (SSSR count). The summed E-state index contributed by atoms with van der Waals surface area (Å²) < 4.78 is 0. The molecule has 0 atom stereocenters. The van der Waals surface area contributed by atoms with Crippen molar-refractivity contribution in [1.29, 1.82) is 0 Å². The largest absolute Gasteiger partial charge is 0.363 e. The van der Waals surface area contributed by atoms with E-state index in [1.807, 2.05) is 25.1 Å². The van der Waals surface area contributed by atoms with Gasteiger partial charge in [0.1, 0.15) is 0 Å². The van der Waals surface area contributed by atoms with Crippen molar-refractivity contribution in [1.82, 2.24) is 5.32 Å². The minimum atomic E-state index is 0.678. The van der Waals surface area contributed by atoms with Crippen molar-refractivity contribution in [3.63, 3.8) is 0 Å². The molecule has 0 aliphatic rings. The van der Waals surface area contributed by atoms with Gasteiger partial charge >= 0.3 is 0 Å². The zero-order valence-electron chi connectivity index (χ0n) is 7.92. The fourth-order valence-corrected chi connectivity index (χ4v) is 1.29. The number of benzene rings is 1. The zero-order valence-corrected chi connectivity index (χ0v) is 8.74. The molecule has 0 saturated carbocycles. The van der Waals surface area contributed by atoms with E-state index in [9.17, 15) is 0 Å². The van der Waals surface area contributed by atoms with E-state index in [2.05, 4.69) is 23.6 Å². The molecule has 2 nitrogen and oxygen atoms in total. The van der Waals surface area contributed by atoms with Gasteiger partial charge in [-0.25, -0.2) is 0 Å². The minimum absolute atomic E-state index is 0.678. The minimum Gasteiger partial charge on any atom is -0.363 e. The van der Waals surface area contributed by atoms with Crippen LogP contribution in [0.15, 0.2) is 24.3 Å². The molecule has 0 bridgehead atoms. The van der Waals surface area contributed by atoms with Crippen molar-refractivity contribution >= 4 is 23.0 Å². The molecule has 0 fully saturated rings. The van der Waals surface area contributed by atoms with Crippen molar-refractivity contribution in [3.05, 3.63) is 29.8 Å². The van der Waals surface area contributed by atoms with Crippen LogP contribution in [0.25, 0.3) is 0 Å². The van der Waals surface area contributed by atoms with E-state index in [4.69, 9.17) is 12.2 Å². The zero-order chi connectivity index (χ0) is 9.68. The Balaban J connectivity index is 2.63. The molecule has 2 N–H and O–H groups in total. The third kappa shape index (κ3) is 3.03. The first-order valence-corrected chi connectivity index (χ1v) is 4.75. The maximum atomic E-state index is 5.07. The van der Waals surface area contributed by atoms with E-state index in [0.717, 1.165) is 12.2 Å². The lowest BCUT2D eigenvalue weighted by Gasteiger charge is -2.10. The van der Waals surface area contributed by atoms with Gasteiger partial charge in [-0.1, -0.05) is 18.2 Å². The summed E-state index contributed by atoms with van der Waals surface area (Å²) in [5.74, 6) is 0. The lowest BCUT2D eigenvalue weighted by Crippen LogP contribution is -2.28. The standard InChI is InChI=1S/C10H14N2S/c1-3-11-10(13)12-9-7-5-4-6-8(9)2/h4-7H,3H2,1-2H3,(H2,11,12,13). The number of anilines is 1. The van der Waals surface area contributed by atoms with Crippen LogP contribution >= 0.6 is 12.2 Å². The van der Waals surface area contributed by atoms with Crippen molar-refractivity contribution in [3.8, 4) is 0 Å². The maximum Gasteiger partial charge on any atom is 0.170 e. The van der Waals surface area contributed by atoms with E-state index >= 15 is 0 Å². The van der Waals surface area contributed by atoms with Crippen LogP contribution < -0.4 is 10.6 Å². The fraction of sp³-hybridized carbons (Fsp3) is 0.300. The number of thiocarbonyl (C=S) groups is 1. The second kappa shape index (κ2) is 4.82. The Morgan fingerprint density at radius 3 is 2.69 bits per heavy atom. The Morgan fingerprint density at radius 2 is 2.08 bits per heavy atom. The quantitative estimate of drug-likeness (QED) is 0.706. The Kier molecular flexibility index (Phi) is 3.71. The molecule has 0 aromatic heterocycles.